The Morgan fingerprint density at radius 2 is 1.91 bits per heavy atom. The molecule has 0 saturated heterocycles. The highest BCUT2D eigenvalue weighted by atomic mass is 32.2. The fourth-order valence-corrected chi connectivity index (χ4v) is 4.16. The summed E-state index contributed by atoms with van der Waals surface area (Å²) in [5.41, 5.74) is 2.65. The minimum Gasteiger partial charge on any atom is -0.491 e. The van der Waals surface area contributed by atoms with Crippen LogP contribution in [0.3, 0.4) is 0 Å². The first-order chi connectivity index (χ1) is 15.5. The molecule has 3 aromatic rings. The second-order valence-electron chi connectivity index (χ2n) is 7.39. The number of pyridine rings is 1. The van der Waals surface area contributed by atoms with Gasteiger partial charge in [0, 0.05) is 29.0 Å². The van der Waals surface area contributed by atoms with Crippen molar-refractivity contribution >= 4 is 17.7 Å². The third-order valence-electron chi connectivity index (χ3n) is 5.05. The Bertz CT molecular complexity index is 1170. The molecule has 0 radical (unpaired) electrons. The number of hydrogen-bond donors (Lipinski definition) is 1. The van der Waals surface area contributed by atoms with Crippen molar-refractivity contribution in [1.29, 1.82) is 0 Å². The standard InChI is InChI=1S/C24H24N2O5S/c1-16-3-6-19(7-4-16)32-14-18-10-20(27)23(29-2)12-26(18)13-24(28)25-11-17-5-8-21-22(9-17)31-15-30-21/h3-10,12H,11,13-15H2,1-2H3,(H,25,28). The van der Waals surface area contributed by atoms with Gasteiger partial charge in [-0.2, -0.15) is 0 Å². The lowest BCUT2D eigenvalue weighted by atomic mass is 10.2. The first-order valence-corrected chi connectivity index (χ1v) is 11.1. The Balaban J connectivity index is 1.44. The number of benzene rings is 2. The van der Waals surface area contributed by atoms with Crippen LogP contribution < -0.4 is 25.0 Å². The molecule has 2 heterocycles. The molecule has 2 aromatic carbocycles. The lowest BCUT2D eigenvalue weighted by Crippen LogP contribution is -2.28. The molecule has 0 aliphatic carbocycles. The maximum Gasteiger partial charge on any atom is 0.240 e. The average molecular weight is 453 g/mol. The van der Waals surface area contributed by atoms with Gasteiger partial charge in [0.1, 0.15) is 6.54 Å². The molecule has 8 heteroatoms. The summed E-state index contributed by atoms with van der Waals surface area (Å²) in [5, 5.41) is 2.92. The minimum absolute atomic E-state index is 0.0744. The number of ether oxygens (including phenoxy) is 3. The molecule has 7 nitrogen and oxygen atoms in total. The van der Waals surface area contributed by atoms with E-state index in [4.69, 9.17) is 14.2 Å². The molecule has 1 aromatic heterocycles. The van der Waals surface area contributed by atoms with Crippen molar-refractivity contribution in [2.75, 3.05) is 13.9 Å². The molecule has 0 saturated carbocycles. The number of amides is 1. The number of nitrogens with zero attached hydrogens (tertiary/aromatic N) is 1. The van der Waals surface area contributed by atoms with Crippen molar-refractivity contribution in [2.45, 2.75) is 30.7 Å². The number of carbonyl (C=O) groups excluding carboxylic acids is 1. The van der Waals surface area contributed by atoms with Crippen molar-refractivity contribution in [3.63, 3.8) is 0 Å². The molecular formula is C24H24N2O5S. The average Bonchev–Trinajstić information content (AvgIpc) is 3.26. The first kappa shape index (κ1) is 21.8. The highest BCUT2D eigenvalue weighted by molar-refractivity contribution is 7.98. The van der Waals surface area contributed by atoms with Gasteiger partial charge in [-0.25, -0.2) is 0 Å². The molecule has 0 unspecified atom stereocenters. The number of fused-ring (bicyclic) bond motifs is 1. The van der Waals surface area contributed by atoms with Crippen LogP contribution in [-0.2, 0) is 23.6 Å². The van der Waals surface area contributed by atoms with Gasteiger partial charge in [-0.3, -0.25) is 9.59 Å². The maximum absolute atomic E-state index is 12.7. The highest BCUT2D eigenvalue weighted by Gasteiger charge is 2.14. The predicted octanol–water partition coefficient (Wildman–Crippen LogP) is 3.50. The number of methoxy groups -OCH3 is 1. The minimum atomic E-state index is -0.205. The molecule has 32 heavy (non-hydrogen) atoms. The fourth-order valence-electron chi connectivity index (χ4n) is 3.27. The summed E-state index contributed by atoms with van der Waals surface area (Å²) in [4.78, 5) is 26.0. The molecular weight excluding hydrogens is 428 g/mol. The molecule has 1 N–H and O–H groups in total. The monoisotopic (exact) mass is 452 g/mol. The number of rotatable bonds is 8. The Morgan fingerprint density at radius 3 is 2.69 bits per heavy atom. The van der Waals surface area contributed by atoms with Gasteiger partial charge in [0.25, 0.3) is 0 Å². The molecule has 0 spiro atoms. The van der Waals surface area contributed by atoms with Crippen molar-refractivity contribution in [3.05, 3.63) is 81.8 Å². The predicted molar refractivity (Wildman–Crippen MR) is 122 cm³/mol. The van der Waals surface area contributed by atoms with E-state index in [-0.39, 0.29) is 30.4 Å². The zero-order chi connectivity index (χ0) is 22.5. The van der Waals surface area contributed by atoms with Gasteiger partial charge < -0.3 is 24.1 Å². The van der Waals surface area contributed by atoms with E-state index < -0.39 is 0 Å². The van der Waals surface area contributed by atoms with Crippen molar-refractivity contribution in [1.82, 2.24) is 9.88 Å². The van der Waals surface area contributed by atoms with Crippen LogP contribution in [0, 0.1) is 6.92 Å². The van der Waals surface area contributed by atoms with Gasteiger partial charge >= 0.3 is 0 Å². The fraction of sp³-hybridized carbons (Fsp3) is 0.250. The number of carbonyl (C=O) groups is 1. The number of hydrogen-bond acceptors (Lipinski definition) is 6. The molecule has 166 valence electrons. The van der Waals surface area contributed by atoms with Crippen LogP contribution >= 0.6 is 11.8 Å². The zero-order valence-electron chi connectivity index (χ0n) is 17.9. The Hall–Kier alpha value is -3.39. The Labute approximate surface area is 190 Å². The van der Waals surface area contributed by atoms with Crippen molar-refractivity contribution in [3.8, 4) is 17.2 Å². The lowest BCUT2D eigenvalue weighted by molar-refractivity contribution is -0.121. The van der Waals surface area contributed by atoms with Crippen molar-refractivity contribution in [2.24, 2.45) is 0 Å². The van der Waals surface area contributed by atoms with Crippen LogP contribution in [0.2, 0.25) is 0 Å². The highest BCUT2D eigenvalue weighted by Crippen LogP contribution is 2.32. The zero-order valence-corrected chi connectivity index (χ0v) is 18.7. The number of nitrogens with one attached hydrogen (secondary N) is 1. The second-order valence-corrected chi connectivity index (χ2v) is 8.44. The molecule has 1 amide bonds. The normalized spacial score (nSPS) is 11.9. The van der Waals surface area contributed by atoms with Gasteiger partial charge in [0.15, 0.2) is 17.2 Å². The summed E-state index contributed by atoms with van der Waals surface area (Å²) in [6.45, 7) is 2.69. The van der Waals surface area contributed by atoms with Crippen LogP contribution in [0.1, 0.15) is 16.8 Å². The van der Waals surface area contributed by atoms with Crippen molar-refractivity contribution < 1.29 is 19.0 Å². The van der Waals surface area contributed by atoms with Gasteiger partial charge in [0.05, 0.1) is 13.3 Å². The largest absolute Gasteiger partial charge is 0.491 e. The molecule has 1 aliphatic rings. The van der Waals surface area contributed by atoms with E-state index in [1.54, 1.807) is 22.5 Å². The molecule has 1 aliphatic heterocycles. The molecule has 4 rings (SSSR count). The topological polar surface area (TPSA) is 78.8 Å². The van der Waals surface area contributed by atoms with Gasteiger partial charge in [-0.05, 0) is 36.8 Å². The summed E-state index contributed by atoms with van der Waals surface area (Å²) in [6, 6.07) is 15.3. The van der Waals surface area contributed by atoms with E-state index in [0.717, 1.165) is 16.2 Å². The quantitative estimate of drug-likeness (QED) is 0.527. The van der Waals surface area contributed by atoms with E-state index >= 15 is 0 Å². The van der Waals surface area contributed by atoms with E-state index in [2.05, 4.69) is 5.32 Å². The molecule has 0 atom stereocenters. The third-order valence-corrected chi connectivity index (χ3v) is 6.10. The number of aromatic nitrogens is 1. The molecule has 0 fully saturated rings. The first-order valence-electron chi connectivity index (χ1n) is 10.1. The summed E-state index contributed by atoms with van der Waals surface area (Å²) in [5.74, 6) is 1.97. The summed E-state index contributed by atoms with van der Waals surface area (Å²) in [7, 11) is 1.45. The van der Waals surface area contributed by atoms with E-state index in [1.165, 1.54) is 18.7 Å². The molecule has 0 bridgehead atoms. The van der Waals surface area contributed by atoms with E-state index in [1.807, 2.05) is 49.4 Å². The van der Waals surface area contributed by atoms with E-state index in [0.29, 0.717) is 23.8 Å². The summed E-state index contributed by atoms with van der Waals surface area (Å²) in [6.07, 6.45) is 1.59. The number of aryl methyl sites for hydroxylation is 1. The number of thioether (sulfide) groups is 1. The van der Waals surface area contributed by atoms with Crippen LogP contribution in [0.4, 0.5) is 0 Å². The SMILES string of the molecule is COc1cn(CC(=O)NCc2ccc3c(c2)OCO3)c(CSc2ccc(C)cc2)cc1=O. The summed E-state index contributed by atoms with van der Waals surface area (Å²) >= 11 is 1.61. The van der Waals surface area contributed by atoms with Crippen LogP contribution in [0.15, 0.2) is 64.4 Å². The van der Waals surface area contributed by atoms with Gasteiger partial charge in [0.2, 0.25) is 18.1 Å². The second kappa shape index (κ2) is 9.82. The van der Waals surface area contributed by atoms with Crippen LogP contribution in [-0.4, -0.2) is 24.4 Å². The van der Waals surface area contributed by atoms with E-state index in [9.17, 15) is 9.59 Å². The van der Waals surface area contributed by atoms with Gasteiger partial charge in [-0.1, -0.05) is 23.8 Å². The Morgan fingerprint density at radius 1 is 1.12 bits per heavy atom. The van der Waals surface area contributed by atoms with Crippen LogP contribution in [0.25, 0.3) is 0 Å². The Kier molecular flexibility index (Phi) is 6.70. The maximum atomic E-state index is 12.7. The lowest BCUT2D eigenvalue weighted by Gasteiger charge is -2.15. The summed E-state index contributed by atoms with van der Waals surface area (Å²) < 4.78 is 17.6. The smallest absolute Gasteiger partial charge is 0.240 e. The van der Waals surface area contributed by atoms with Crippen LogP contribution in [0.5, 0.6) is 17.2 Å². The third kappa shape index (κ3) is 5.26. The van der Waals surface area contributed by atoms with Gasteiger partial charge in [-0.15, -0.1) is 11.8 Å².